The summed E-state index contributed by atoms with van der Waals surface area (Å²) in [5, 5.41) is 11.1. The molecule has 1 amide bonds. The number of hydrogen-bond donors (Lipinski definition) is 0. The van der Waals surface area contributed by atoms with Crippen LogP contribution < -0.4 is 4.90 Å². The molecule has 7 heteroatoms. The minimum absolute atomic E-state index is 0.0394. The van der Waals surface area contributed by atoms with E-state index in [2.05, 4.69) is 4.98 Å². The molecule has 0 aliphatic heterocycles. The van der Waals surface area contributed by atoms with Crippen molar-refractivity contribution in [2.24, 2.45) is 0 Å². The molecule has 0 aliphatic rings. The predicted molar refractivity (Wildman–Crippen MR) is 79.9 cm³/mol. The van der Waals surface area contributed by atoms with Gasteiger partial charge in [0, 0.05) is 12.3 Å². The zero-order chi connectivity index (χ0) is 15.4. The summed E-state index contributed by atoms with van der Waals surface area (Å²) in [7, 11) is 0. The second kappa shape index (κ2) is 6.32. The first-order chi connectivity index (χ1) is 10.1. The van der Waals surface area contributed by atoms with E-state index < -0.39 is 10.8 Å². The lowest BCUT2D eigenvalue weighted by molar-refractivity contribution is -0.384. The number of benzene rings is 1. The highest BCUT2D eigenvalue weighted by Crippen LogP contribution is 2.33. The van der Waals surface area contributed by atoms with Gasteiger partial charge in [0.15, 0.2) is 0 Å². The van der Waals surface area contributed by atoms with Crippen molar-refractivity contribution in [3.63, 3.8) is 0 Å². The lowest BCUT2D eigenvalue weighted by Gasteiger charge is -2.22. The number of amides is 1. The van der Waals surface area contributed by atoms with Crippen LogP contribution in [0.1, 0.15) is 5.56 Å². The number of anilines is 2. The maximum absolute atomic E-state index is 12.2. The van der Waals surface area contributed by atoms with Crippen LogP contribution in [0.25, 0.3) is 0 Å². The van der Waals surface area contributed by atoms with Crippen LogP contribution in [0.3, 0.4) is 0 Å². The van der Waals surface area contributed by atoms with Crippen LogP contribution in [0.15, 0.2) is 42.6 Å². The number of carbonyl (C=O) groups excluding carboxylic acids is 1. The number of hydrogen-bond acceptors (Lipinski definition) is 4. The SMILES string of the molecule is Cc1ccccc1N(C(=O)CCl)c1ncccc1[N+](=O)[O-]. The summed E-state index contributed by atoms with van der Waals surface area (Å²) >= 11 is 5.64. The van der Waals surface area contributed by atoms with Crippen molar-refractivity contribution in [1.29, 1.82) is 0 Å². The molecule has 1 aromatic heterocycles. The molecule has 6 nitrogen and oxygen atoms in total. The quantitative estimate of drug-likeness (QED) is 0.494. The maximum Gasteiger partial charge on any atom is 0.312 e. The monoisotopic (exact) mass is 305 g/mol. The van der Waals surface area contributed by atoms with E-state index in [1.807, 2.05) is 6.07 Å². The first kappa shape index (κ1) is 14.9. The highest BCUT2D eigenvalue weighted by Gasteiger charge is 2.27. The van der Waals surface area contributed by atoms with E-state index in [0.717, 1.165) is 5.56 Å². The molecule has 108 valence electrons. The summed E-state index contributed by atoms with van der Waals surface area (Å²) in [6.45, 7) is 1.80. The number of carbonyl (C=O) groups is 1. The van der Waals surface area contributed by atoms with Gasteiger partial charge in [-0.3, -0.25) is 19.8 Å². The number of nitrogens with zero attached hydrogens (tertiary/aromatic N) is 3. The average Bonchev–Trinajstić information content (AvgIpc) is 2.49. The number of halogens is 1. The van der Waals surface area contributed by atoms with Crippen molar-refractivity contribution in [2.75, 3.05) is 10.8 Å². The predicted octanol–water partition coefficient (Wildman–Crippen LogP) is 3.20. The molecule has 1 heterocycles. The lowest BCUT2D eigenvalue weighted by atomic mass is 10.1. The normalized spacial score (nSPS) is 10.2. The Labute approximate surface area is 126 Å². The third-order valence-corrected chi connectivity index (χ3v) is 3.12. The van der Waals surface area contributed by atoms with Crippen molar-refractivity contribution in [2.45, 2.75) is 6.92 Å². The zero-order valence-corrected chi connectivity index (χ0v) is 11.9. The summed E-state index contributed by atoms with van der Waals surface area (Å²) in [5.74, 6) is -0.822. The molecule has 0 N–H and O–H groups in total. The van der Waals surface area contributed by atoms with Gasteiger partial charge >= 0.3 is 5.69 Å². The number of rotatable bonds is 4. The fourth-order valence-electron chi connectivity index (χ4n) is 1.94. The standard InChI is InChI=1S/C14H12ClN3O3/c1-10-5-2-3-6-11(10)17(13(19)9-15)14-12(18(20)21)7-4-8-16-14/h2-8H,9H2,1H3. The van der Waals surface area contributed by atoms with Crippen molar-refractivity contribution < 1.29 is 9.72 Å². The Morgan fingerprint density at radius 2 is 2.05 bits per heavy atom. The van der Waals surface area contributed by atoms with Gasteiger partial charge in [0.1, 0.15) is 5.88 Å². The van der Waals surface area contributed by atoms with E-state index in [9.17, 15) is 14.9 Å². The first-order valence-corrected chi connectivity index (χ1v) is 6.63. The Kier molecular flexibility index (Phi) is 4.49. The van der Waals surface area contributed by atoms with Crippen LogP contribution in [0.5, 0.6) is 0 Å². The average molecular weight is 306 g/mol. The van der Waals surface area contributed by atoms with Crippen molar-refractivity contribution >= 4 is 34.7 Å². The number of alkyl halides is 1. The Balaban J connectivity index is 2.66. The van der Waals surface area contributed by atoms with Gasteiger partial charge < -0.3 is 0 Å². The molecule has 0 fully saturated rings. The molecule has 1 aromatic carbocycles. The third kappa shape index (κ3) is 3.00. The van der Waals surface area contributed by atoms with E-state index in [1.54, 1.807) is 25.1 Å². The van der Waals surface area contributed by atoms with Gasteiger partial charge in [0.2, 0.25) is 11.7 Å². The molecule has 0 atom stereocenters. The molecular weight excluding hydrogens is 294 g/mol. The molecule has 21 heavy (non-hydrogen) atoms. The van der Waals surface area contributed by atoms with E-state index in [4.69, 9.17) is 11.6 Å². The highest BCUT2D eigenvalue weighted by molar-refractivity contribution is 6.30. The molecule has 0 unspecified atom stereocenters. The smallest absolute Gasteiger partial charge is 0.273 e. The number of nitro groups is 1. The molecule has 0 bridgehead atoms. The second-order valence-corrected chi connectivity index (χ2v) is 4.52. The van der Waals surface area contributed by atoms with Crippen LogP contribution in [-0.4, -0.2) is 21.7 Å². The molecule has 2 rings (SSSR count). The van der Waals surface area contributed by atoms with Crippen molar-refractivity contribution in [1.82, 2.24) is 4.98 Å². The summed E-state index contributed by atoms with van der Waals surface area (Å²) in [6, 6.07) is 9.80. The Morgan fingerprint density at radius 3 is 2.67 bits per heavy atom. The molecule has 0 radical (unpaired) electrons. The fourth-order valence-corrected chi connectivity index (χ4v) is 2.06. The Morgan fingerprint density at radius 1 is 1.33 bits per heavy atom. The van der Waals surface area contributed by atoms with E-state index in [-0.39, 0.29) is 17.4 Å². The molecule has 0 spiro atoms. The van der Waals surface area contributed by atoms with Crippen molar-refractivity contribution in [3.8, 4) is 0 Å². The zero-order valence-electron chi connectivity index (χ0n) is 11.2. The topological polar surface area (TPSA) is 76.3 Å². The molecule has 2 aromatic rings. The van der Waals surface area contributed by atoms with Gasteiger partial charge in [-0.2, -0.15) is 0 Å². The van der Waals surface area contributed by atoms with Gasteiger partial charge in [-0.15, -0.1) is 11.6 Å². The Bertz CT molecular complexity index is 691. The summed E-state index contributed by atoms with van der Waals surface area (Å²) in [5.41, 5.74) is 1.06. The first-order valence-electron chi connectivity index (χ1n) is 6.10. The number of para-hydroxylation sites is 1. The van der Waals surface area contributed by atoms with E-state index in [1.165, 1.54) is 23.2 Å². The largest absolute Gasteiger partial charge is 0.312 e. The van der Waals surface area contributed by atoms with Gasteiger partial charge in [0.05, 0.1) is 10.6 Å². The van der Waals surface area contributed by atoms with E-state index in [0.29, 0.717) is 5.69 Å². The molecule has 0 aliphatic carbocycles. The number of aryl methyl sites for hydroxylation is 1. The van der Waals surface area contributed by atoms with Gasteiger partial charge in [-0.05, 0) is 24.6 Å². The van der Waals surface area contributed by atoms with Crippen LogP contribution >= 0.6 is 11.6 Å². The van der Waals surface area contributed by atoms with E-state index >= 15 is 0 Å². The van der Waals surface area contributed by atoms with Crippen molar-refractivity contribution in [3.05, 3.63) is 58.3 Å². The summed E-state index contributed by atoms with van der Waals surface area (Å²) in [6.07, 6.45) is 1.40. The Hall–Kier alpha value is -2.47. The number of pyridine rings is 1. The highest BCUT2D eigenvalue weighted by atomic mass is 35.5. The maximum atomic E-state index is 12.2. The minimum Gasteiger partial charge on any atom is -0.273 e. The molecule has 0 saturated carbocycles. The van der Waals surface area contributed by atoms with Crippen LogP contribution in [0.4, 0.5) is 17.2 Å². The second-order valence-electron chi connectivity index (χ2n) is 4.25. The molecular formula is C14H12ClN3O3. The lowest BCUT2D eigenvalue weighted by Crippen LogP contribution is -2.29. The summed E-state index contributed by atoms with van der Waals surface area (Å²) < 4.78 is 0. The molecule has 0 saturated heterocycles. The van der Waals surface area contributed by atoms with Crippen LogP contribution in [0.2, 0.25) is 0 Å². The van der Waals surface area contributed by atoms with Gasteiger partial charge in [-0.25, -0.2) is 4.98 Å². The number of aromatic nitrogens is 1. The third-order valence-electron chi connectivity index (χ3n) is 2.89. The summed E-state index contributed by atoms with van der Waals surface area (Å²) in [4.78, 5) is 27.9. The van der Waals surface area contributed by atoms with Gasteiger partial charge in [0.25, 0.3) is 0 Å². The van der Waals surface area contributed by atoms with Crippen LogP contribution in [0, 0.1) is 17.0 Å². The fraction of sp³-hybridized carbons (Fsp3) is 0.143. The minimum atomic E-state index is -0.574. The van der Waals surface area contributed by atoms with Gasteiger partial charge in [-0.1, -0.05) is 18.2 Å². The van der Waals surface area contributed by atoms with Crippen LogP contribution in [-0.2, 0) is 4.79 Å².